The Morgan fingerprint density at radius 3 is 2.44 bits per heavy atom. The van der Waals surface area contributed by atoms with Crippen molar-refractivity contribution < 1.29 is 9.53 Å². The van der Waals surface area contributed by atoms with Crippen LogP contribution in [0.25, 0.3) is 16.6 Å². The molecule has 1 atom stereocenters. The van der Waals surface area contributed by atoms with E-state index in [1.807, 2.05) is 57.2 Å². The number of aromatic nitrogens is 2. The molecule has 0 bridgehead atoms. The Kier molecular flexibility index (Phi) is 7.97. The zero-order chi connectivity index (χ0) is 25.8. The van der Waals surface area contributed by atoms with E-state index < -0.39 is 6.04 Å². The van der Waals surface area contributed by atoms with E-state index in [0.29, 0.717) is 58.3 Å². The zero-order valence-electron chi connectivity index (χ0n) is 20.4. The summed E-state index contributed by atoms with van der Waals surface area (Å²) in [6, 6.07) is 18.8. The molecule has 1 heterocycles. The van der Waals surface area contributed by atoms with E-state index in [-0.39, 0.29) is 16.5 Å². The third-order valence-electron chi connectivity index (χ3n) is 5.94. The summed E-state index contributed by atoms with van der Waals surface area (Å²) < 4.78 is 7.14. The predicted octanol–water partition coefficient (Wildman–Crippen LogP) is 6.70. The van der Waals surface area contributed by atoms with Crippen molar-refractivity contribution >= 4 is 40.0 Å². The van der Waals surface area contributed by atoms with Crippen LogP contribution >= 0.6 is 23.2 Å². The molecule has 1 unspecified atom stereocenters. The fourth-order valence-corrected chi connectivity index (χ4v) is 4.70. The fourth-order valence-electron chi connectivity index (χ4n) is 4.21. The van der Waals surface area contributed by atoms with Gasteiger partial charge in [0, 0.05) is 11.6 Å². The van der Waals surface area contributed by atoms with Crippen molar-refractivity contribution in [1.82, 2.24) is 14.5 Å². The van der Waals surface area contributed by atoms with Crippen molar-refractivity contribution in [3.05, 3.63) is 98.5 Å². The Hall–Kier alpha value is -3.35. The maximum Gasteiger partial charge on any atom is 0.266 e. The van der Waals surface area contributed by atoms with Crippen LogP contribution in [-0.4, -0.2) is 33.5 Å². The van der Waals surface area contributed by atoms with Gasteiger partial charge in [0.2, 0.25) is 0 Å². The fraction of sp³-hybridized carbons (Fsp3) is 0.250. The highest BCUT2D eigenvalue weighted by molar-refractivity contribution is 6.36. The van der Waals surface area contributed by atoms with Crippen LogP contribution in [-0.2, 0) is 0 Å². The molecular weight excluding hydrogens is 497 g/mol. The summed E-state index contributed by atoms with van der Waals surface area (Å²) in [6.07, 6.45) is 0.710. The molecule has 186 valence electrons. The smallest absolute Gasteiger partial charge is 0.266 e. The maximum atomic E-state index is 13.7. The van der Waals surface area contributed by atoms with E-state index in [1.165, 1.54) is 0 Å². The summed E-state index contributed by atoms with van der Waals surface area (Å²) in [5.41, 5.74) is 1.34. The number of carbonyl (C=O) groups excluding carboxylic acids is 1. The van der Waals surface area contributed by atoms with Gasteiger partial charge in [-0.2, -0.15) is 0 Å². The van der Waals surface area contributed by atoms with Crippen LogP contribution in [0, 0.1) is 0 Å². The van der Waals surface area contributed by atoms with Crippen LogP contribution in [0.15, 0.2) is 71.5 Å². The number of nitrogens with zero attached hydrogens (tertiary/aromatic N) is 3. The molecule has 0 fully saturated rings. The monoisotopic (exact) mass is 523 g/mol. The molecule has 0 N–H and O–H groups in total. The highest BCUT2D eigenvalue weighted by Crippen LogP contribution is 2.28. The molecule has 4 aromatic rings. The molecule has 0 radical (unpaired) electrons. The van der Waals surface area contributed by atoms with Crippen molar-refractivity contribution in [3.8, 4) is 11.4 Å². The standard InChI is InChI=1S/C28H27Cl2N3O3/c1-4-16-32(27(34)22-15-10-19(29)17-24(22)30)18(3)26-31-25-9-7-6-8-23(25)28(35)33(26)20-11-13-21(14-12-20)36-5-2/h6-15,17-18H,4-5,16H2,1-3H3. The minimum atomic E-state index is -0.534. The van der Waals surface area contributed by atoms with Gasteiger partial charge in [0.05, 0.1) is 39.8 Å². The van der Waals surface area contributed by atoms with Crippen LogP contribution in [0.5, 0.6) is 5.75 Å². The Morgan fingerprint density at radius 1 is 1.06 bits per heavy atom. The number of rotatable bonds is 8. The summed E-state index contributed by atoms with van der Waals surface area (Å²) in [4.78, 5) is 34.0. The number of ether oxygens (including phenoxy) is 1. The van der Waals surface area contributed by atoms with Crippen LogP contribution in [0.1, 0.15) is 49.4 Å². The Morgan fingerprint density at radius 2 is 1.78 bits per heavy atom. The van der Waals surface area contributed by atoms with Gasteiger partial charge in [-0.25, -0.2) is 4.98 Å². The predicted molar refractivity (Wildman–Crippen MR) is 145 cm³/mol. The zero-order valence-corrected chi connectivity index (χ0v) is 21.9. The van der Waals surface area contributed by atoms with Gasteiger partial charge in [-0.3, -0.25) is 14.2 Å². The van der Waals surface area contributed by atoms with Gasteiger partial charge in [-0.1, -0.05) is 42.3 Å². The number of fused-ring (bicyclic) bond motifs is 1. The highest BCUT2D eigenvalue weighted by Gasteiger charge is 2.28. The van der Waals surface area contributed by atoms with Crippen LogP contribution in [0.2, 0.25) is 10.0 Å². The lowest BCUT2D eigenvalue weighted by atomic mass is 10.1. The number of benzene rings is 3. The van der Waals surface area contributed by atoms with Gasteiger partial charge in [0.25, 0.3) is 11.5 Å². The van der Waals surface area contributed by atoms with Gasteiger partial charge in [0.1, 0.15) is 11.6 Å². The van der Waals surface area contributed by atoms with Crippen molar-refractivity contribution in [2.24, 2.45) is 0 Å². The molecule has 0 saturated heterocycles. The van der Waals surface area contributed by atoms with Gasteiger partial charge in [-0.15, -0.1) is 0 Å². The van der Waals surface area contributed by atoms with Crippen LogP contribution < -0.4 is 10.3 Å². The second kappa shape index (κ2) is 11.1. The number of hydrogen-bond donors (Lipinski definition) is 0. The molecule has 0 spiro atoms. The first-order chi connectivity index (χ1) is 17.3. The minimum absolute atomic E-state index is 0.208. The van der Waals surface area contributed by atoms with E-state index >= 15 is 0 Å². The number of amides is 1. The van der Waals surface area contributed by atoms with Gasteiger partial charge >= 0.3 is 0 Å². The molecule has 3 aromatic carbocycles. The molecule has 6 nitrogen and oxygen atoms in total. The lowest BCUT2D eigenvalue weighted by Crippen LogP contribution is -2.38. The molecule has 8 heteroatoms. The normalized spacial score (nSPS) is 11.9. The Bertz CT molecular complexity index is 1450. The van der Waals surface area contributed by atoms with Gasteiger partial charge in [-0.05, 0) is 74.9 Å². The van der Waals surface area contributed by atoms with Crippen molar-refractivity contribution in [2.45, 2.75) is 33.2 Å². The third kappa shape index (κ3) is 5.11. The van der Waals surface area contributed by atoms with Crippen molar-refractivity contribution in [3.63, 3.8) is 0 Å². The van der Waals surface area contributed by atoms with Gasteiger partial charge < -0.3 is 9.64 Å². The Labute approximate surface area is 220 Å². The SMILES string of the molecule is CCCN(C(=O)c1ccc(Cl)cc1Cl)C(C)c1nc2ccccc2c(=O)n1-c1ccc(OCC)cc1. The third-order valence-corrected chi connectivity index (χ3v) is 6.48. The van der Waals surface area contributed by atoms with Crippen LogP contribution in [0.4, 0.5) is 0 Å². The second-order valence-corrected chi connectivity index (χ2v) is 9.20. The summed E-state index contributed by atoms with van der Waals surface area (Å²) in [7, 11) is 0. The minimum Gasteiger partial charge on any atom is -0.494 e. The average molecular weight is 524 g/mol. The molecule has 1 aromatic heterocycles. The molecule has 1 amide bonds. The molecular formula is C28H27Cl2N3O3. The molecule has 36 heavy (non-hydrogen) atoms. The number of carbonyl (C=O) groups is 1. The first-order valence-corrected chi connectivity index (χ1v) is 12.6. The number of halogens is 2. The topological polar surface area (TPSA) is 64.4 Å². The molecule has 4 rings (SSSR count). The average Bonchev–Trinajstić information content (AvgIpc) is 2.87. The molecule has 0 aliphatic carbocycles. The molecule has 0 aliphatic heterocycles. The van der Waals surface area contributed by atoms with Gasteiger partial charge in [0.15, 0.2) is 0 Å². The number of hydrogen-bond acceptors (Lipinski definition) is 4. The first-order valence-electron chi connectivity index (χ1n) is 11.9. The summed E-state index contributed by atoms with van der Waals surface area (Å²) in [5, 5.41) is 1.22. The van der Waals surface area contributed by atoms with Crippen molar-refractivity contribution in [2.75, 3.05) is 13.2 Å². The van der Waals surface area contributed by atoms with Crippen LogP contribution in [0.3, 0.4) is 0 Å². The second-order valence-electron chi connectivity index (χ2n) is 8.35. The quantitative estimate of drug-likeness (QED) is 0.257. The van der Waals surface area contributed by atoms with E-state index in [4.69, 9.17) is 32.9 Å². The summed E-state index contributed by atoms with van der Waals surface area (Å²) in [6.45, 7) is 6.77. The summed E-state index contributed by atoms with van der Waals surface area (Å²) in [5.74, 6) is 0.902. The van der Waals surface area contributed by atoms with E-state index in [0.717, 1.165) is 0 Å². The van der Waals surface area contributed by atoms with E-state index in [1.54, 1.807) is 39.8 Å². The molecule has 0 saturated carbocycles. The highest BCUT2D eigenvalue weighted by atomic mass is 35.5. The number of para-hydroxylation sites is 1. The first kappa shape index (κ1) is 25.7. The largest absolute Gasteiger partial charge is 0.494 e. The lowest BCUT2D eigenvalue weighted by Gasteiger charge is -2.30. The van der Waals surface area contributed by atoms with Crippen molar-refractivity contribution in [1.29, 1.82) is 0 Å². The maximum absolute atomic E-state index is 13.7. The molecule has 0 aliphatic rings. The Balaban J connectivity index is 1.88. The van der Waals surface area contributed by atoms with E-state index in [9.17, 15) is 9.59 Å². The van der Waals surface area contributed by atoms with E-state index in [2.05, 4.69) is 0 Å². The summed E-state index contributed by atoms with van der Waals surface area (Å²) >= 11 is 12.4. The lowest BCUT2D eigenvalue weighted by molar-refractivity contribution is 0.0681.